The first kappa shape index (κ1) is 20.8. The van der Waals surface area contributed by atoms with Crippen molar-refractivity contribution in [2.75, 3.05) is 6.26 Å². The van der Waals surface area contributed by atoms with Gasteiger partial charge in [0.1, 0.15) is 0 Å². The van der Waals surface area contributed by atoms with Crippen molar-refractivity contribution in [2.24, 2.45) is 0 Å². The molecule has 0 N–H and O–H groups in total. The highest BCUT2D eigenvalue weighted by Gasteiger charge is 2.25. The molecular formula is C11H20O9S2. The van der Waals surface area contributed by atoms with E-state index in [9.17, 15) is 26.4 Å². The number of carbonyl (C=O) groups excluding carboxylic acids is 2. The van der Waals surface area contributed by atoms with Crippen LogP contribution < -0.4 is 0 Å². The van der Waals surface area contributed by atoms with Gasteiger partial charge in [-0.2, -0.15) is 16.8 Å². The number of hydrogen-bond acceptors (Lipinski definition) is 9. The molecular weight excluding hydrogens is 340 g/mol. The lowest BCUT2D eigenvalue weighted by molar-refractivity contribution is -0.136. The summed E-state index contributed by atoms with van der Waals surface area (Å²) in [6.45, 7) is 4.43. The lowest BCUT2D eigenvalue weighted by Crippen LogP contribution is -2.27. The van der Waals surface area contributed by atoms with E-state index in [1.54, 1.807) is 0 Å². The summed E-state index contributed by atoms with van der Waals surface area (Å²) in [7, 11) is -8.29. The average molecular weight is 360 g/mol. The molecule has 0 heterocycles. The van der Waals surface area contributed by atoms with E-state index in [1.807, 2.05) is 0 Å². The van der Waals surface area contributed by atoms with Gasteiger partial charge in [0.25, 0.3) is 0 Å². The largest absolute Gasteiger partial charge is 0.452 e. The summed E-state index contributed by atoms with van der Waals surface area (Å²) in [4.78, 5) is 22.4. The van der Waals surface area contributed by atoms with Gasteiger partial charge in [0.2, 0.25) is 0 Å². The van der Waals surface area contributed by atoms with Crippen molar-refractivity contribution in [2.45, 2.75) is 52.1 Å². The molecule has 130 valence electrons. The maximum Gasteiger partial charge on any atom is 0.452 e. The first-order valence-electron chi connectivity index (χ1n) is 6.30. The van der Waals surface area contributed by atoms with Crippen molar-refractivity contribution >= 4 is 32.5 Å². The predicted molar refractivity (Wildman–Crippen MR) is 75.3 cm³/mol. The molecule has 0 aromatic heterocycles. The Labute approximate surface area is 130 Å². The van der Waals surface area contributed by atoms with Gasteiger partial charge < -0.3 is 8.37 Å². The van der Waals surface area contributed by atoms with E-state index in [-0.39, 0.29) is 25.7 Å². The van der Waals surface area contributed by atoms with Gasteiger partial charge >= 0.3 is 32.5 Å². The normalized spacial score (nSPS) is 12.7. The van der Waals surface area contributed by atoms with Crippen LogP contribution in [-0.2, 0) is 42.7 Å². The van der Waals surface area contributed by atoms with Gasteiger partial charge in [-0.15, -0.1) is 0 Å². The maximum absolute atomic E-state index is 11.3. The van der Waals surface area contributed by atoms with E-state index < -0.39 is 38.1 Å². The lowest BCUT2D eigenvalue weighted by Gasteiger charge is -2.17. The van der Waals surface area contributed by atoms with Crippen molar-refractivity contribution in [1.82, 2.24) is 0 Å². The fourth-order valence-corrected chi connectivity index (χ4v) is 2.61. The van der Waals surface area contributed by atoms with Crippen molar-refractivity contribution in [3.63, 3.8) is 0 Å². The van der Waals surface area contributed by atoms with Crippen molar-refractivity contribution < 1.29 is 39.0 Å². The first-order valence-corrected chi connectivity index (χ1v) is 9.45. The highest BCUT2D eigenvalue weighted by Crippen LogP contribution is 2.14. The molecule has 0 rings (SSSR count). The molecule has 0 spiro atoms. The monoisotopic (exact) mass is 360 g/mol. The second kappa shape index (κ2) is 7.88. The van der Waals surface area contributed by atoms with Crippen LogP contribution in [0.15, 0.2) is 0 Å². The average Bonchev–Trinajstić information content (AvgIpc) is 2.17. The van der Waals surface area contributed by atoms with Crippen molar-refractivity contribution in [1.29, 1.82) is 0 Å². The van der Waals surface area contributed by atoms with E-state index >= 15 is 0 Å². The SMILES string of the molecule is CC(C)(C)OS(=O)(=O)OC(=O)CCCCC(=O)OS(C)(=O)=O. The van der Waals surface area contributed by atoms with Crippen LogP contribution in [0.5, 0.6) is 0 Å². The van der Waals surface area contributed by atoms with Gasteiger partial charge in [-0.05, 0) is 33.6 Å². The van der Waals surface area contributed by atoms with Gasteiger partial charge in [0, 0.05) is 12.8 Å². The van der Waals surface area contributed by atoms with E-state index in [1.165, 1.54) is 20.8 Å². The zero-order valence-corrected chi connectivity index (χ0v) is 14.5. The zero-order chi connectivity index (χ0) is 17.6. The Morgan fingerprint density at radius 3 is 1.64 bits per heavy atom. The zero-order valence-electron chi connectivity index (χ0n) is 12.8. The third kappa shape index (κ3) is 12.5. The van der Waals surface area contributed by atoms with Gasteiger partial charge in [-0.3, -0.25) is 9.59 Å². The highest BCUT2D eigenvalue weighted by molar-refractivity contribution is 7.86. The topological polar surface area (TPSA) is 130 Å². The summed E-state index contributed by atoms with van der Waals surface area (Å²) in [5.74, 6) is -1.97. The Balaban J connectivity index is 4.09. The second-order valence-electron chi connectivity index (χ2n) is 5.43. The number of rotatable bonds is 8. The van der Waals surface area contributed by atoms with E-state index in [2.05, 4.69) is 12.5 Å². The molecule has 0 saturated heterocycles. The summed E-state index contributed by atoms with van der Waals surface area (Å²) in [5.41, 5.74) is -1.03. The molecule has 0 aliphatic heterocycles. The smallest absolute Gasteiger partial charge is 0.346 e. The molecule has 0 unspecified atom stereocenters. The van der Waals surface area contributed by atoms with E-state index in [0.717, 1.165) is 6.26 Å². The van der Waals surface area contributed by atoms with Crippen molar-refractivity contribution in [3.05, 3.63) is 0 Å². The Kier molecular flexibility index (Phi) is 7.45. The van der Waals surface area contributed by atoms with Gasteiger partial charge in [0.15, 0.2) is 0 Å². The summed E-state index contributed by atoms with van der Waals surface area (Å²) >= 11 is 0. The molecule has 0 aliphatic rings. The maximum atomic E-state index is 11.3. The van der Waals surface area contributed by atoms with Crippen LogP contribution in [0.1, 0.15) is 46.5 Å². The molecule has 11 heteroatoms. The molecule has 0 amide bonds. The van der Waals surface area contributed by atoms with Crippen LogP contribution in [0.3, 0.4) is 0 Å². The molecule has 0 radical (unpaired) electrons. The van der Waals surface area contributed by atoms with Crippen LogP contribution in [0.25, 0.3) is 0 Å². The Morgan fingerprint density at radius 1 is 0.864 bits per heavy atom. The lowest BCUT2D eigenvalue weighted by atomic mass is 10.2. The molecule has 0 saturated carbocycles. The third-order valence-corrected chi connectivity index (χ3v) is 3.39. The van der Waals surface area contributed by atoms with Crippen LogP contribution in [0, 0.1) is 0 Å². The standard InChI is InChI=1S/C11H20O9S2/c1-11(2,3)20-22(16,17)19-10(13)8-6-5-7-9(12)18-21(4,14)15/h5-8H2,1-4H3. The summed E-state index contributed by atoms with van der Waals surface area (Å²) in [6.07, 6.45) is 0.527. The van der Waals surface area contributed by atoms with E-state index in [4.69, 9.17) is 0 Å². The van der Waals surface area contributed by atoms with Crippen LogP contribution in [0.4, 0.5) is 0 Å². The number of hydrogen-bond donors (Lipinski definition) is 0. The fourth-order valence-electron chi connectivity index (χ4n) is 1.23. The predicted octanol–water partition coefficient (Wildman–Crippen LogP) is 0.653. The Bertz CT molecular complexity index is 596. The molecule has 9 nitrogen and oxygen atoms in total. The van der Waals surface area contributed by atoms with Gasteiger partial charge in [-0.1, -0.05) is 0 Å². The minimum Gasteiger partial charge on any atom is -0.346 e. The minimum atomic E-state index is -4.44. The summed E-state index contributed by atoms with van der Waals surface area (Å²) in [5, 5.41) is 0. The Hall–Kier alpha value is -1.20. The van der Waals surface area contributed by atoms with Gasteiger partial charge in [-0.25, -0.2) is 4.18 Å². The quantitative estimate of drug-likeness (QED) is 0.452. The van der Waals surface area contributed by atoms with Crippen LogP contribution >= 0.6 is 0 Å². The Morgan fingerprint density at radius 2 is 1.27 bits per heavy atom. The van der Waals surface area contributed by atoms with Crippen LogP contribution in [0.2, 0.25) is 0 Å². The summed E-state index contributed by atoms with van der Waals surface area (Å²) < 4.78 is 56.9. The minimum absolute atomic E-state index is 0.128. The second-order valence-corrected chi connectivity index (χ2v) is 8.15. The molecule has 0 aliphatic carbocycles. The van der Waals surface area contributed by atoms with E-state index in [0.29, 0.717) is 0 Å². The number of carbonyl (C=O) groups is 2. The molecule has 0 aromatic carbocycles. The number of unbranched alkanes of at least 4 members (excludes halogenated alkanes) is 1. The van der Waals surface area contributed by atoms with Crippen LogP contribution in [-0.4, -0.2) is 40.6 Å². The molecule has 22 heavy (non-hydrogen) atoms. The fraction of sp³-hybridized carbons (Fsp3) is 0.818. The molecule has 0 atom stereocenters. The highest BCUT2D eigenvalue weighted by atomic mass is 32.3. The molecule has 0 aromatic rings. The molecule has 0 fully saturated rings. The third-order valence-electron chi connectivity index (χ3n) is 1.80. The van der Waals surface area contributed by atoms with Gasteiger partial charge in [0.05, 0.1) is 11.9 Å². The molecule has 0 bridgehead atoms. The first-order chi connectivity index (χ1) is 9.70. The van der Waals surface area contributed by atoms with Crippen molar-refractivity contribution in [3.8, 4) is 0 Å². The summed E-state index contributed by atoms with van der Waals surface area (Å²) in [6, 6.07) is 0.